The molecule has 0 saturated carbocycles. The highest BCUT2D eigenvalue weighted by Crippen LogP contribution is 2.40. The molecule has 0 amide bonds. The van der Waals surface area contributed by atoms with E-state index < -0.39 is 0 Å². The van der Waals surface area contributed by atoms with E-state index in [9.17, 15) is 0 Å². The van der Waals surface area contributed by atoms with E-state index >= 15 is 0 Å². The number of aryl methyl sites for hydroxylation is 2. The SMILES string of the molecule is Cc1ccc(C2=Nc3ccccc3C2CCc2ccccc2)cc1. The quantitative estimate of drug-likeness (QED) is 0.573. The van der Waals surface area contributed by atoms with E-state index in [1.165, 1.54) is 28.0 Å². The topological polar surface area (TPSA) is 12.4 Å². The average molecular weight is 311 g/mol. The van der Waals surface area contributed by atoms with Crippen LogP contribution in [0.5, 0.6) is 0 Å². The normalized spacial score (nSPS) is 15.9. The summed E-state index contributed by atoms with van der Waals surface area (Å²) < 4.78 is 0. The Morgan fingerprint density at radius 2 is 1.50 bits per heavy atom. The molecule has 1 heterocycles. The van der Waals surface area contributed by atoms with Crippen LogP contribution < -0.4 is 0 Å². The summed E-state index contributed by atoms with van der Waals surface area (Å²) in [5.41, 5.74) is 7.64. The summed E-state index contributed by atoms with van der Waals surface area (Å²) in [5, 5.41) is 0. The third kappa shape index (κ3) is 2.90. The summed E-state index contributed by atoms with van der Waals surface area (Å²) in [6, 6.07) is 28.1. The van der Waals surface area contributed by atoms with Gasteiger partial charge in [0.1, 0.15) is 0 Å². The third-order valence-corrected chi connectivity index (χ3v) is 4.79. The van der Waals surface area contributed by atoms with Crippen LogP contribution in [-0.2, 0) is 6.42 Å². The smallest absolute Gasteiger partial charge is 0.0672 e. The molecule has 0 N–H and O–H groups in total. The number of nitrogens with zero attached hydrogens (tertiary/aromatic N) is 1. The average Bonchev–Trinajstić information content (AvgIpc) is 3.00. The van der Waals surface area contributed by atoms with Crippen molar-refractivity contribution in [3.63, 3.8) is 0 Å². The van der Waals surface area contributed by atoms with Crippen molar-refractivity contribution in [2.75, 3.05) is 0 Å². The first-order valence-electron chi connectivity index (χ1n) is 8.60. The Bertz CT molecular complexity index is 860. The zero-order valence-electron chi connectivity index (χ0n) is 13.9. The summed E-state index contributed by atoms with van der Waals surface area (Å²) in [5.74, 6) is 0.379. The third-order valence-electron chi connectivity index (χ3n) is 4.79. The van der Waals surface area contributed by atoms with E-state index in [1.807, 2.05) is 0 Å². The Kier molecular flexibility index (Phi) is 4.00. The summed E-state index contributed by atoms with van der Waals surface area (Å²) in [4.78, 5) is 4.96. The van der Waals surface area contributed by atoms with Gasteiger partial charge in [-0.1, -0.05) is 78.4 Å². The maximum absolute atomic E-state index is 4.96. The van der Waals surface area contributed by atoms with Gasteiger partial charge in [0.05, 0.1) is 11.4 Å². The fourth-order valence-electron chi connectivity index (χ4n) is 3.48. The maximum atomic E-state index is 4.96. The molecule has 0 radical (unpaired) electrons. The van der Waals surface area contributed by atoms with Gasteiger partial charge in [-0.2, -0.15) is 0 Å². The molecule has 1 heteroatoms. The first-order chi connectivity index (χ1) is 11.8. The lowest BCUT2D eigenvalue weighted by Gasteiger charge is -2.15. The number of hydrogen-bond donors (Lipinski definition) is 0. The minimum Gasteiger partial charge on any atom is -0.252 e. The van der Waals surface area contributed by atoms with E-state index in [-0.39, 0.29) is 0 Å². The second-order valence-corrected chi connectivity index (χ2v) is 6.50. The van der Waals surface area contributed by atoms with Gasteiger partial charge in [-0.05, 0) is 42.5 Å². The van der Waals surface area contributed by atoms with E-state index in [0.29, 0.717) is 5.92 Å². The molecule has 118 valence electrons. The Balaban J connectivity index is 1.65. The largest absolute Gasteiger partial charge is 0.252 e. The number of para-hydroxylation sites is 1. The fraction of sp³-hybridized carbons (Fsp3) is 0.174. The molecule has 24 heavy (non-hydrogen) atoms. The van der Waals surface area contributed by atoms with Crippen LogP contribution in [0.1, 0.15) is 34.6 Å². The molecule has 1 aliphatic heterocycles. The Hall–Kier alpha value is -2.67. The van der Waals surface area contributed by atoms with Crippen molar-refractivity contribution in [2.45, 2.75) is 25.7 Å². The van der Waals surface area contributed by atoms with Crippen LogP contribution in [0.2, 0.25) is 0 Å². The van der Waals surface area contributed by atoms with Crippen LogP contribution in [-0.4, -0.2) is 5.71 Å². The first-order valence-corrected chi connectivity index (χ1v) is 8.60. The number of aliphatic imine (C=N–C) groups is 1. The van der Waals surface area contributed by atoms with E-state index in [0.717, 1.165) is 18.5 Å². The van der Waals surface area contributed by atoms with Gasteiger partial charge in [0.2, 0.25) is 0 Å². The van der Waals surface area contributed by atoms with Crippen molar-refractivity contribution in [1.82, 2.24) is 0 Å². The number of hydrogen-bond acceptors (Lipinski definition) is 1. The van der Waals surface area contributed by atoms with Crippen LogP contribution in [0.25, 0.3) is 0 Å². The van der Waals surface area contributed by atoms with Crippen molar-refractivity contribution in [3.05, 3.63) is 101 Å². The molecule has 0 bridgehead atoms. The summed E-state index contributed by atoms with van der Waals surface area (Å²) in [7, 11) is 0. The number of rotatable bonds is 4. The van der Waals surface area contributed by atoms with Gasteiger partial charge in [-0.15, -0.1) is 0 Å². The van der Waals surface area contributed by atoms with Crippen molar-refractivity contribution < 1.29 is 0 Å². The van der Waals surface area contributed by atoms with Crippen molar-refractivity contribution in [2.24, 2.45) is 4.99 Å². The molecule has 1 unspecified atom stereocenters. The van der Waals surface area contributed by atoms with Gasteiger partial charge in [-0.3, -0.25) is 4.99 Å². The molecule has 0 spiro atoms. The van der Waals surface area contributed by atoms with Crippen LogP contribution in [0.15, 0.2) is 83.9 Å². The molecular weight excluding hydrogens is 290 g/mol. The van der Waals surface area contributed by atoms with Gasteiger partial charge in [0.25, 0.3) is 0 Å². The molecule has 1 aliphatic rings. The minimum absolute atomic E-state index is 0.379. The van der Waals surface area contributed by atoms with E-state index in [4.69, 9.17) is 4.99 Å². The lowest BCUT2D eigenvalue weighted by atomic mass is 9.87. The Morgan fingerprint density at radius 3 is 2.29 bits per heavy atom. The van der Waals surface area contributed by atoms with Crippen molar-refractivity contribution in [1.29, 1.82) is 0 Å². The molecule has 3 aromatic rings. The van der Waals surface area contributed by atoms with Crippen LogP contribution in [0, 0.1) is 6.92 Å². The standard InChI is InChI=1S/C23H21N/c1-17-11-14-19(15-12-17)23-21(16-13-18-7-3-2-4-8-18)20-9-5-6-10-22(20)24-23/h2-12,14-15,21H,13,16H2,1H3. The van der Waals surface area contributed by atoms with Gasteiger partial charge >= 0.3 is 0 Å². The zero-order valence-corrected chi connectivity index (χ0v) is 13.9. The van der Waals surface area contributed by atoms with Crippen LogP contribution >= 0.6 is 0 Å². The molecule has 1 atom stereocenters. The molecular formula is C23H21N. The Labute approximate surface area is 143 Å². The predicted octanol–water partition coefficient (Wildman–Crippen LogP) is 5.85. The first kappa shape index (κ1) is 14.9. The number of benzene rings is 3. The lowest BCUT2D eigenvalue weighted by Crippen LogP contribution is -2.11. The molecule has 0 fully saturated rings. The molecule has 0 saturated heterocycles. The van der Waals surface area contributed by atoms with Crippen LogP contribution in [0.4, 0.5) is 5.69 Å². The highest BCUT2D eigenvalue weighted by Gasteiger charge is 2.27. The Morgan fingerprint density at radius 1 is 0.792 bits per heavy atom. The number of fused-ring (bicyclic) bond motifs is 1. The molecule has 0 aliphatic carbocycles. The predicted molar refractivity (Wildman–Crippen MR) is 101 cm³/mol. The van der Waals surface area contributed by atoms with E-state index in [2.05, 4.69) is 85.8 Å². The molecule has 1 nitrogen and oxygen atoms in total. The second-order valence-electron chi connectivity index (χ2n) is 6.50. The lowest BCUT2D eigenvalue weighted by molar-refractivity contribution is 0.778. The maximum Gasteiger partial charge on any atom is 0.0672 e. The summed E-state index contributed by atoms with van der Waals surface area (Å²) in [6.45, 7) is 2.13. The van der Waals surface area contributed by atoms with Gasteiger partial charge in [0, 0.05) is 5.92 Å². The summed E-state index contributed by atoms with van der Waals surface area (Å²) >= 11 is 0. The van der Waals surface area contributed by atoms with Gasteiger partial charge < -0.3 is 0 Å². The van der Waals surface area contributed by atoms with Crippen LogP contribution in [0.3, 0.4) is 0 Å². The second kappa shape index (κ2) is 6.45. The highest BCUT2D eigenvalue weighted by atomic mass is 14.8. The molecule has 3 aromatic carbocycles. The van der Waals surface area contributed by atoms with E-state index in [1.54, 1.807) is 0 Å². The molecule has 4 rings (SSSR count). The van der Waals surface area contributed by atoms with Gasteiger partial charge in [-0.25, -0.2) is 0 Å². The van der Waals surface area contributed by atoms with Gasteiger partial charge in [0.15, 0.2) is 0 Å². The van der Waals surface area contributed by atoms with Crippen molar-refractivity contribution >= 4 is 11.4 Å². The summed E-state index contributed by atoms with van der Waals surface area (Å²) in [6.07, 6.45) is 2.17. The monoisotopic (exact) mass is 311 g/mol. The van der Waals surface area contributed by atoms with Crippen molar-refractivity contribution in [3.8, 4) is 0 Å². The minimum atomic E-state index is 0.379. The highest BCUT2D eigenvalue weighted by molar-refractivity contribution is 6.09. The zero-order chi connectivity index (χ0) is 16.4. The molecule has 0 aromatic heterocycles. The fourth-order valence-corrected chi connectivity index (χ4v) is 3.48.